The Morgan fingerprint density at radius 1 is 1.34 bits per heavy atom. The summed E-state index contributed by atoms with van der Waals surface area (Å²) >= 11 is 13.6. The van der Waals surface area contributed by atoms with Gasteiger partial charge in [0.1, 0.15) is 0 Å². The largest absolute Gasteiger partial charge is 0.324 e. The third kappa shape index (κ3) is 6.27. The van der Waals surface area contributed by atoms with E-state index in [1.165, 1.54) is 0 Å². The Bertz CT molecular complexity index is 916. The molecule has 2 N–H and O–H groups in total. The Morgan fingerprint density at radius 2 is 2.17 bits per heavy atom. The molecule has 0 radical (unpaired) electrons. The monoisotopic (exact) mass is 452 g/mol. The van der Waals surface area contributed by atoms with E-state index < -0.39 is 0 Å². The smallest absolute Gasteiger partial charge is 0.244 e. The first kappa shape index (κ1) is 21.8. The van der Waals surface area contributed by atoms with E-state index in [1.54, 1.807) is 35.8 Å². The Balaban J connectivity index is 1.50. The van der Waals surface area contributed by atoms with Gasteiger partial charge >= 0.3 is 0 Å². The summed E-state index contributed by atoms with van der Waals surface area (Å²) in [5.74, 6) is -0.521. The lowest BCUT2D eigenvalue weighted by atomic mass is 9.97. The third-order valence-electron chi connectivity index (χ3n) is 4.70. The van der Waals surface area contributed by atoms with Crippen molar-refractivity contribution in [1.82, 2.24) is 10.3 Å². The number of anilines is 1. The maximum Gasteiger partial charge on any atom is 0.244 e. The number of benzene rings is 1. The standard InChI is InChI=1S/C20H22Cl2N4O2S/c1-13-6-8-29-18(13)10-23-25-20(28)14-3-2-7-26(11-14)12-19(27)24-17-9-15(21)4-5-16(17)22/h4-6,8-10,14H,2-3,7,11-12H2,1H3,(H,24,27)(H,25,28)/b23-10+. The number of hydrogen-bond donors (Lipinski definition) is 2. The zero-order chi connectivity index (χ0) is 20.8. The van der Waals surface area contributed by atoms with Gasteiger partial charge in [0.25, 0.3) is 0 Å². The van der Waals surface area contributed by atoms with Crippen LogP contribution >= 0.6 is 34.5 Å². The molecular weight excluding hydrogens is 431 g/mol. The predicted molar refractivity (Wildman–Crippen MR) is 119 cm³/mol. The summed E-state index contributed by atoms with van der Waals surface area (Å²) in [5, 5.41) is 9.76. The summed E-state index contributed by atoms with van der Waals surface area (Å²) in [6, 6.07) is 6.92. The van der Waals surface area contributed by atoms with E-state index in [2.05, 4.69) is 15.8 Å². The molecule has 0 aliphatic carbocycles. The number of hydrogen-bond acceptors (Lipinski definition) is 5. The van der Waals surface area contributed by atoms with Crippen molar-refractivity contribution < 1.29 is 9.59 Å². The molecule has 1 saturated heterocycles. The molecule has 1 aromatic heterocycles. The van der Waals surface area contributed by atoms with E-state index in [-0.39, 0.29) is 24.3 Å². The molecule has 2 heterocycles. The molecule has 1 aliphatic rings. The fourth-order valence-electron chi connectivity index (χ4n) is 3.16. The molecule has 9 heteroatoms. The van der Waals surface area contributed by atoms with Crippen LogP contribution < -0.4 is 10.7 Å². The van der Waals surface area contributed by atoms with Crippen molar-refractivity contribution in [2.24, 2.45) is 11.0 Å². The molecule has 1 fully saturated rings. The molecule has 6 nitrogen and oxygen atoms in total. The van der Waals surface area contributed by atoms with Gasteiger partial charge in [0.15, 0.2) is 0 Å². The van der Waals surface area contributed by atoms with Gasteiger partial charge in [-0.1, -0.05) is 23.2 Å². The number of carbonyl (C=O) groups is 2. The highest BCUT2D eigenvalue weighted by atomic mass is 35.5. The number of thiophene rings is 1. The van der Waals surface area contributed by atoms with Crippen LogP contribution in [0.1, 0.15) is 23.3 Å². The molecule has 1 unspecified atom stereocenters. The van der Waals surface area contributed by atoms with E-state index in [1.807, 2.05) is 23.3 Å². The predicted octanol–water partition coefficient (Wildman–Crippen LogP) is 4.16. The van der Waals surface area contributed by atoms with Crippen molar-refractivity contribution in [2.45, 2.75) is 19.8 Å². The lowest BCUT2D eigenvalue weighted by Gasteiger charge is -2.31. The molecule has 2 aromatic rings. The van der Waals surface area contributed by atoms with E-state index in [4.69, 9.17) is 23.2 Å². The molecule has 0 spiro atoms. The highest BCUT2D eigenvalue weighted by Crippen LogP contribution is 2.25. The van der Waals surface area contributed by atoms with Crippen LogP contribution in [-0.2, 0) is 9.59 Å². The highest BCUT2D eigenvalue weighted by Gasteiger charge is 2.26. The first-order chi connectivity index (χ1) is 13.9. The van der Waals surface area contributed by atoms with Crippen molar-refractivity contribution in [3.05, 3.63) is 50.1 Å². The van der Waals surface area contributed by atoms with Gasteiger partial charge in [-0.2, -0.15) is 5.10 Å². The van der Waals surface area contributed by atoms with Crippen molar-refractivity contribution in [3.63, 3.8) is 0 Å². The van der Waals surface area contributed by atoms with E-state index >= 15 is 0 Å². The van der Waals surface area contributed by atoms with Crippen molar-refractivity contribution in [2.75, 3.05) is 25.0 Å². The van der Waals surface area contributed by atoms with E-state index in [9.17, 15) is 9.59 Å². The van der Waals surface area contributed by atoms with Gasteiger partial charge in [-0.05, 0) is 61.5 Å². The number of piperidine rings is 1. The van der Waals surface area contributed by atoms with Gasteiger partial charge in [0, 0.05) is 16.4 Å². The maximum atomic E-state index is 12.4. The van der Waals surface area contributed by atoms with Crippen LogP contribution in [0, 0.1) is 12.8 Å². The number of nitrogens with zero attached hydrogens (tertiary/aromatic N) is 2. The molecule has 29 heavy (non-hydrogen) atoms. The van der Waals surface area contributed by atoms with Crippen molar-refractivity contribution >= 4 is 58.3 Å². The number of hydrazone groups is 1. The summed E-state index contributed by atoms with van der Waals surface area (Å²) in [4.78, 5) is 27.8. The van der Waals surface area contributed by atoms with Crippen LogP contribution in [0.3, 0.4) is 0 Å². The van der Waals surface area contributed by atoms with Gasteiger partial charge in [-0.15, -0.1) is 11.3 Å². The van der Waals surface area contributed by atoms with Crippen LogP contribution in [-0.4, -0.2) is 42.6 Å². The number of carbonyl (C=O) groups excluding carboxylic acids is 2. The number of aryl methyl sites for hydroxylation is 1. The lowest BCUT2D eigenvalue weighted by molar-refractivity contribution is -0.127. The first-order valence-electron chi connectivity index (χ1n) is 9.26. The van der Waals surface area contributed by atoms with Crippen molar-refractivity contribution in [1.29, 1.82) is 0 Å². The molecule has 2 amide bonds. The minimum Gasteiger partial charge on any atom is -0.324 e. The zero-order valence-electron chi connectivity index (χ0n) is 16.0. The third-order valence-corrected chi connectivity index (χ3v) is 6.22. The topological polar surface area (TPSA) is 73.8 Å². The van der Waals surface area contributed by atoms with Gasteiger partial charge in [-0.25, -0.2) is 5.43 Å². The summed E-state index contributed by atoms with van der Waals surface area (Å²) in [6.45, 7) is 3.46. The maximum absolute atomic E-state index is 12.4. The van der Waals surface area contributed by atoms with Crippen LogP contribution in [0.25, 0.3) is 0 Å². The Labute approximate surface area is 183 Å². The minimum absolute atomic E-state index is 0.126. The van der Waals surface area contributed by atoms with Gasteiger partial charge < -0.3 is 5.32 Å². The first-order valence-corrected chi connectivity index (χ1v) is 10.9. The van der Waals surface area contributed by atoms with Crippen LogP contribution in [0.5, 0.6) is 0 Å². The molecule has 3 rings (SSSR count). The van der Waals surface area contributed by atoms with Crippen molar-refractivity contribution in [3.8, 4) is 0 Å². The average molecular weight is 453 g/mol. The number of likely N-dealkylation sites (tertiary alicyclic amines) is 1. The Kier molecular flexibility index (Phi) is 7.66. The second kappa shape index (κ2) is 10.2. The van der Waals surface area contributed by atoms with Crippen LogP contribution in [0.4, 0.5) is 5.69 Å². The fraction of sp³-hybridized carbons (Fsp3) is 0.350. The molecule has 0 saturated carbocycles. The van der Waals surface area contributed by atoms with E-state index in [0.717, 1.165) is 29.8 Å². The van der Waals surface area contributed by atoms with Gasteiger partial charge in [0.2, 0.25) is 11.8 Å². The summed E-state index contributed by atoms with van der Waals surface area (Å²) < 4.78 is 0. The lowest BCUT2D eigenvalue weighted by Crippen LogP contribution is -2.44. The number of halogens is 2. The molecule has 154 valence electrons. The molecule has 1 aromatic carbocycles. The summed E-state index contributed by atoms with van der Waals surface area (Å²) in [6.07, 6.45) is 3.29. The molecular formula is C20H22Cl2N4O2S. The molecule has 1 atom stereocenters. The summed E-state index contributed by atoms with van der Waals surface area (Å²) in [7, 11) is 0. The quantitative estimate of drug-likeness (QED) is 0.510. The number of nitrogens with one attached hydrogen (secondary N) is 2. The second-order valence-electron chi connectivity index (χ2n) is 6.95. The fourth-order valence-corrected chi connectivity index (χ4v) is 4.28. The summed E-state index contributed by atoms with van der Waals surface area (Å²) in [5.41, 5.74) is 4.23. The average Bonchev–Trinajstić information content (AvgIpc) is 3.09. The minimum atomic E-state index is -0.201. The number of rotatable bonds is 6. The van der Waals surface area contributed by atoms with Gasteiger partial charge in [0.05, 0.1) is 29.4 Å². The SMILES string of the molecule is Cc1ccsc1/C=N/NC(=O)C1CCCN(CC(=O)Nc2cc(Cl)ccc2Cl)C1. The Morgan fingerprint density at radius 3 is 2.93 bits per heavy atom. The van der Waals surface area contributed by atoms with Crippen LogP contribution in [0.15, 0.2) is 34.7 Å². The second-order valence-corrected chi connectivity index (χ2v) is 8.74. The number of amides is 2. The molecule has 1 aliphatic heterocycles. The highest BCUT2D eigenvalue weighted by molar-refractivity contribution is 7.11. The zero-order valence-corrected chi connectivity index (χ0v) is 18.3. The van der Waals surface area contributed by atoms with Gasteiger partial charge in [-0.3, -0.25) is 14.5 Å². The van der Waals surface area contributed by atoms with Crippen LogP contribution in [0.2, 0.25) is 10.0 Å². The Hall–Kier alpha value is -1.93. The van der Waals surface area contributed by atoms with E-state index in [0.29, 0.717) is 22.3 Å². The normalized spacial score (nSPS) is 17.4. The molecule has 0 bridgehead atoms.